The summed E-state index contributed by atoms with van der Waals surface area (Å²) in [6, 6.07) is 4.78. The molecular weight excluding hydrogens is 240 g/mol. The molecule has 0 aliphatic rings. The monoisotopic (exact) mass is 250 g/mol. The summed E-state index contributed by atoms with van der Waals surface area (Å²) >= 11 is 0. The van der Waals surface area contributed by atoms with Gasteiger partial charge in [-0.15, -0.1) is 0 Å². The van der Waals surface area contributed by atoms with Crippen LogP contribution in [0.2, 0.25) is 0 Å². The first-order valence-corrected chi connectivity index (χ1v) is 5.17. The highest BCUT2D eigenvalue weighted by atomic mass is 16.5. The molecule has 18 heavy (non-hydrogen) atoms. The third-order valence-electron chi connectivity index (χ3n) is 2.13. The average molecular weight is 250 g/mol. The first-order chi connectivity index (χ1) is 8.66. The largest absolute Gasteiger partial charge is 0.481 e. The number of furan rings is 1. The van der Waals surface area contributed by atoms with Crippen molar-refractivity contribution in [3.05, 3.63) is 30.2 Å². The van der Waals surface area contributed by atoms with Crippen molar-refractivity contribution in [2.75, 3.05) is 6.54 Å². The van der Waals surface area contributed by atoms with Gasteiger partial charge in [0.05, 0.1) is 12.7 Å². The lowest BCUT2D eigenvalue weighted by atomic mass is 10.3. The SMILES string of the molecule is O=C(O)CCNC(=O)c1cc(-c2ccco2)on1. The topological polar surface area (TPSA) is 106 Å². The number of aliphatic carboxylic acids is 1. The van der Waals surface area contributed by atoms with Gasteiger partial charge in [0.25, 0.3) is 5.91 Å². The highest BCUT2D eigenvalue weighted by molar-refractivity contribution is 5.93. The fraction of sp³-hybridized carbons (Fsp3) is 0.182. The van der Waals surface area contributed by atoms with E-state index < -0.39 is 11.9 Å². The van der Waals surface area contributed by atoms with Crippen LogP contribution in [0.3, 0.4) is 0 Å². The highest BCUT2D eigenvalue weighted by Gasteiger charge is 2.14. The fourth-order valence-electron chi connectivity index (χ4n) is 1.29. The van der Waals surface area contributed by atoms with E-state index in [2.05, 4.69) is 10.5 Å². The van der Waals surface area contributed by atoms with Crippen LogP contribution in [0, 0.1) is 0 Å². The molecule has 0 aromatic carbocycles. The minimum Gasteiger partial charge on any atom is -0.481 e. The Hall–Kier alpha value is -2.57. The van der Waals surface area contributed by atoms with Crippen LogP contribution in [-0.2, 0) is 4.79 Å². The Bertz CT molecular complexity index is 544. The van der Waals surface area contributed by atoms with Gasteiger partial charge < -0.3 is 19.4 Å². The van der Waals surface area contributed by atoms with Gasteiger partial charge in [-0.25, -0.2) is 0 Å². The number of nitrogens with one attached hydrogen (secondary N) is 1. The second kappa shape index (κ2) is 5.17. The molecule has 0 aliphatic carbocycles. The number of aromatic nitrogens is 1. The van der Waals surface area contributed by atoms with Gasteiger partial charge in [0.1, 0.15) is 0 Å². The van der Waals surface area contributed by atoms with Crippen molar-refractivity contribution in [2.45, 2.75) is 6.42 Å². The van der Waals surface area contributed by atoms with Crippen molar-refractivity contribution in [1.82, 2.24) is 10.5 Å². The predicted molar refractivity (Wildman–Crippen MR) is 58.8 cm³/mol. The fourth-order valence-corrected chi connectivity index (χ4v) is 1.29. The maximum atomic E-state index is 11.6. The summed E-state index contributed by atoms with van der Waals surface area (Å²) in [5, 5.41) is 14.4. The van der Waals surface area contributed by atoms with Crippen molar-refractivity contribution < 1.29 is 23.6 Å². The summed E-state index contributed by atoms with van der Waals surface area (Å²) in [6.07, 6.45) is 1.33. The summed E-state index contributed by atoms with van der Waals surface area (Å²) in [6.45, 7) is 0.0388. The third kappa shape index (κ3) is 2.76. The number of carboxylic acids is 1. The molecule has 0 radical (unpaired) electrons. The van der Waals surface area contributed by atoms with Crippen LogP contribution in [0.4, 0.5) is 0 Å². The van der Waals surface area contributed by atoms with Gasteiger partial charge in [-0.05, 0) is 12.1 Å². The van der Waals surface area contributed by atoms with E-state index in [9.17, 15) is 9.59 Å². The Kier molecular flexibility index (Phi) is 3.42. The summed E-state index contributed by atoms with van der Waals surface area (Å²) in [5.41, 5.74) is 0.0757. The Morgan fingerprint density at radius 2 is 2.22 bits per heavy atom. The number of hydrogen-bond acceptors (Lipinski definition) is 5. The maximum Gasteiger partial charge on any atom is 0.305 e. The number of nitrogens with zero attached hydrogens (tertiary/aromatic N) is 1. The minimum absolute atomic E-state index is 0.0388. The first kappa shape index (κ1) is 11.9. The Morgan fingerprint density at radius 3 is 2.89 bits per heavy atom. The molecule has 1 amide bonds. The zero-order valence-corrected chi connectivity index (χ0v) is 9.25. The maximum absolute atomic E-state index is 11.6. The molecule has 0 spiro atoms. The molecule has 7 heteroatoms. The van der Waals surface area contributed by atoms with Crippen molar-refractivity contribution in [1.29, 1.82) is 0 Å². The smallest absolute Gasteiger partial charge is 0.305 e. The van der Waals surface area contributed by atoms with Crippen molar-refractivity contribution in [2.24, 2.45) is 0 Å². The van der Waals surface area contributed by atoms with Gasteiger partial charge in [-0.2, -0.15) is 0 Å². The second-order valence-corrected chi connectivity index (χ2v) is 3.45. The van der Waals surface area contributed by atoms with E-state index in [0.29, 0.717) is 11.5 Å². The summed E-state index contributed by atoms with van der Waals surface area (Å²) in [4.78, 5) is 21.8. The molecule has 94 valence electrons. The lowest BCUT2D eigenvalue weighted by Gasteiger charge is -1.98. The predicted octanol–water partition coefficient (Wildman–Crippen LogP) is 1.14. The van der Waals surface area contributed by atoms with E-state index in [-0.39, 0.29) is 18.7 Å². The van der Waals surface area contributed by atoms with Gasteiger partial charge in [0, 0.05) is 12.6 Å². The molecule has 0 atom stereocenters. The molecule has 2 aromatic heterocycles. The standard InChI is InChI=1S/C11H10N2O5/c14-10(15)3-4-12-11(16)7-6-9(18-13-7)8-2-1-5-17-8/h1-2,5-6H,3-4H2,(H,12,16)(H,14,15). The molecule has 2 heterocycles. The molecule has 2 rings (SSSR count). The molecule has 0 saturated heterocycles. The Morgan fingerprint density at radius 1 is 1.39 bits per heavy atom. The normalized spacial score (nSPS) is 10.2. The lowest BCUT2D eigenvalue weighted by Crippen LogP contribution is -2.26. The zero-order chi connectivity index (χ0) is 13.0. The molecule has 0 fully saturated rings. The van der Waals surface area contributed by atoms with E-state index in [1.165, 1.54) is 12.3 Å². The first-order valence-electron chi connectivity index (χ1n) is 5.17. The molecule has 0 bridgehead atoms. The van der Waals surface area contributed by atoms with Crippen LogP contribution in [-0.4, -0.2) is 28.7 Å². The minimum atomic E-state index is -0.980. The van der Waals surface area contributed by atoms with Crippen LogP contribution < -0.4 is 5.32 Å². The lowest BCUT2D eigenvalue weighted by molar-refractivity contribution is -0.136. The molecular formula is C11H10N2O5. The molecule has 0 aliphatic heterocycles. The number of hydrogen-bond donors (Lipinski definition) is 2. The van der Waals surface area contributed by atoms with E-state index in [1.54, 1.807) is 12.1 Å². The Balaban J connectivity index is 1.97. The third-order valence-corrected chi connectivity index (χ3v) is 2.13. The number of rotatable bonds is 5. The van der Waals surface area contributed by atoms with Crippen LogP contribution in [0.5, 0.6) is 0 Å². The van der Waals surface area contributed by atoms with Gasteiger partial charge in [-0.1, -0.05) is 5.16 Å². The van der Waals surface area contributed by atoms with E-state index in [1.807, 2.05) is 0 Å². The molecule has 0 saturated carbocycles. The molecule has 7 nitrogen and oxygen atoms in total. The second-order valence-electron chi connectivity index (χ2n) is 3.45. The van der Waals surface area contributed by atoms with Crippen LogP contribution >= 0.6 is 0 Å². The summed E-state index contributed by atoms with van der Waals surface area (Å²) in [7, 11) is 0. The van der Waals surface area contributed by atoms with Gasteiger partial charge in [0.2, 0.25) is 5.76 Å². The highest BCUT2D eigenvalue weighted by Crippen LogP contribution is 2.20. The van der Waals surface area contributed by atoms with Crippen molar-refractivity contribution >= 4 is 11.9 Å². The van der Waals surface area contributed by atoms with E-state index >= 15 is 0 Å². The molecule has 0 unspecified atom stereocenters. The zero-order valence-electron chi connectivity index (χ0n) is 9.25. The van der Waals surface area contributed by atoms with Crippen LogP contribution in [0.1, 0.15) is 16.9 Å². The van der Waals surface area contributed by atoms with Gasteiger partial charge >= 0.3 is 5.97 Å². The quantitative estimate of drug-likeness (QED) is 0.824. The van der Waals surface area contributed by atoms with Crippen LogP contribution in [0.15, 0.2) is 33.4 Å². The molecule has 2 N–H and O–H groups in total. The van der Waals surface area contributed by atoms with Crippen molar-refractivity contribution in [3.63, 3.8) is 0 Å². The Labute approximate surface area is 101 Å². The number of amides is 1. The number of carbonyl (C=O) groups is 2. The molecule has 2 aromatic rings. The summed E-state index contributed by atoms with van der Waals surface area (Å²) < 4.78 is 10.0. The van der Waals surface area contributed by atoms with Crippen molar-refractivity contribution in [3.8, 4) is 11.5 Å². The number of carbonyl (C=O) groups excluding carboxylic acids is 1. The van der Waals surface area contributed by atoms with E-state index in [0.717, 1.165) is 0 Å². The average Bonchev–Trinajstić information content (AvgIpc) is 2.99. The van der Waals surface area contributed by atoms with Crippen LogP contribution in [0.25, 0.3) is 11.5 Å². The number of carboxylic acid groups (broad SMARTS) is 1. The van der Waals surface area contributed by atoms with Gasteiger partial charge in [0.15, 0.2) is 11.5 Å². The van der Waals surface area contributed by atoms with E-state index in [4.69, 9.17) is 14.0 Å². The van der Waals surface area contributed by atoms with Gasteiger partial charge in [-0.3, -0.25) is 9.59 Å². The summed E-state index contributed by atoms with van der Waals surface area (Å²) in [5.74, 6) is -0.667.